The van der Waals surface area contributed by atoms with Crippen molar-refractivity contribution >= 4 is 17.7 Å². The fourth-order valence-corrected chi connectivity index (χ4v) is 4.92. The molecule has 1 amide bonds. The van der Waals surface area contributed by atoms with Gasteiger partial charge in [-0.2, -0.15) is 0 Å². The molecule has 2 heterocycles. The van der Waals surface area contributed by atoms with Crippen LogP contribution in [-0.4, -0.2) is 49.4 Å². The maximum atomic E-state index is 12.9. The van der Waals surface area contributed by atoms with E-state index >= 15 is 0 Å². The molecule has 1 aliphatic carbocycles. The molecular formula is C24H29N5OS. The number of carbonyl (C=O) groups is 1. The van der Waals surface area contributed by atoms with E-state index in [9.17, 15) is 4.79 Å². The maximum Gasteiger partial charge on any atom is 0.233 e. The Morgan fingerprint density at radius 2 is 1.81 bits per heavy atom. The average molecular weight is 436 g/mol. The summed E-state index contributed by atoms with van der Waals surface area (Å²) in [6, 6.07) is 10.6. The molecule has 0 saturated heterocycles. The van der Waals surface area contributed by atoms with Gasteiger partial charge in [0.05, 0.1) is 11.4 Å². The van der Waals surface area contributed by atoms with Crippen molar-refractivity contribution in [3.05, 3.63) is 53.9 Å². The number of rotatable bonds is 6. The highest BCUT2D eigenvalue weighted by molar-refractivity contribution is 7.99. The van der Waals surface area contributed by atoms with Gasteiger partial charge in [-0.3, -0.25) is 14.3 Å². The van der Waals surface area contributed by atoms with E-state index in [1.165, 1.54) is 42.2 Å². The van der Waals surface area contributed by atoms with Crippen LogP contribution in [0.25, 0.3) is 17.1 Å². The largest absolute Gasteiger partial charge is 0.342 e. The van der Waals surface area contributed by atoms with E-state index in [2.05, 4.69) is 47.2 Å². The third-order valence-corrected chi connectivity index (χ3v) is 7.07. The van der Waals surface area contributed by atoms with E-state index in [0.717, 1.165) is 35.1 Å². The lowest BCUT2D eigenvalue weighted by Gasteiger charge is -2.31. The molecule has 162 valence electrons. The predicted molar refractivity (Wildman–Crippen MR) is 124 cm³/mol. The van der Waals surface area contributed by atoms with Gasteiger partial charge in [-0.25, -0.2) is 0 Å². The minimum Gasteiger partial charge on any atom is -0.342 e. The molecule has 0 radical (unpaired) electrons. The Balaban J connectivity index is 1.60. The number of hydrogen-bond donors (Lipinski definition) is 0. The Hall–Kier alpha value is -2.67. The molecule has 1 fully saturated rings. The summed E-state index contributed by atoms with van der Waals surface area (Å²) >= 11 is 1.45. The summed E-state index contributed by atoms with van der Waals surface area (Å²) < 4.78 is 2.04. The number of benzene rings is 1. The smallest absolute Gasteiger partial charge is 0.233 e. The summed E-state index contributed by atoms with van der Waals surface area (Å²) in [4.78, 5) is 18.9. The SMILES string of the molecule is Cc1ccc(-n2c(SCC(=O)N(C)C3CCCCC3)nnc2-c2ccncc2)cc1C. The van der Waals surface area contributed by atoms with Gasteiger partial charge in [0, 0.05) is 31.0 Å². The molecular weight excluding hydrogens is 406 g/mol. The summed E-state index contributed by atoms with van der Waals surface area (Å²) in [6.07, 6.45) is 9.44. The Kier molecular flexibility index (Phi) is 6.70. The quantitative estimate of drug-likeness (QED) is 0.519. The van der Waals surface area contributed by atoms with Crippen molar-refractivity contribution in [1.29, 1.82) is 0 Å². The Morgan fingerprint density at radius 1 is 1.06 bits per heavy atom. The van der Waals surface area contributed by atoms with Gasteiger partial charge < -0.3 is 4.90 Å². The highest BCUT2D eigenvalue weighted by Crippen LogP contribution is 2.29. The lowest BCUT2D eigenvalue weighted by atomic mass is 9.94. The molecule has 1 aromatic carbocycles. The van der Waals surface area contributed by atoms with E-state index < -0.39 is 0 Å². The highest BCUT2D eigenvalue weighted by Gasteiger charge is 2.23. The number of hydrogen-bond acceptors (Lipinski definition) is 5. The Morgan fingerprint density at radius 3 is 2.52 bits per heavy atom. The molecule has 31 heavy (non-hydrogen) atoms. The molecule has 7 heteroatoms. The van der Waals surface area contributed by atoms with Crippen molar-refractivity contribution in [3.8, 4) is 17.1 Å². The number of pyridine rings is 1. The first-order chi connectivity index (χ1) is 15.0. The summed E-state index contributed by atoms with van der Waals surface area (Å²) in [5.41, 5.74) is 4.38. The fourth-order valence-electron chi connectivity index (χ4n) is 4.05. The molecule has 4 rings (SSSR count). The van der Waals surface area contributed by atoms with Gasteiger partial charge in [0.2, 0.25) is 5.91 Å². The predicted octanol–water partition coefficient (Wildman–Crippen LogP) is 4.83. The van der Waals surface area contributed by atoms with Gasteiger partial charge in [-0.05, 0) is 62.1 Å². The molecule has 0 N–H and O–H groups in total. The van der Waals surface area contributed by atoms with Crippen LogP contribution in [-0.2, 0) is 4.79 Å². The van der Waals surface area contributed by atoms with Crippen LogP contribution in [0.15, 0.2) is 47.9 Å². The number of carbonyl (C=O) groups excluding carboxylic acids is 1. The second kappa shape index (κ2) is 9.64. The van der Waals surface area contributed by atoms with Gasteiger partial charge in [0.25, 0.3) is 0 Å². The number of aryl methyl sites for hydroxylation is 2. The van der Waals surface area contributed by atoms with Crippen LogP contribution in [0, 0.1) is 13.8 Å². The van der Waals surface area contributed by atoms with Gasteiger partial charge in [0.15, 0.2) is 11.0 Å². The first kappa shape index (κ1) is 21.6. The van der Waals surface area contributed by atoms with Crippen LogP contribution in [0.2, 0.25) is 0 Å². The van der Waals surface area contributed by atoms with Crippen LogP contribution >= 0.6 is 11.8 Å². The minimum absolute atomic E-state index is 0.150. The third-order valence-electron chi connectivity index (χ3n) is 6.16. The third kappa shape index (κ3) is 4.82. The van der Waals surface area contributed by atoms with E-state index in [-0.39, 0.29) is 5.91 Å². The number of amides is 1. The van der Waals surface area contributed by atoms with Crippen LogP contribution in [0.3, 0.4) is 0 Å². The average Bonchev–Trinajstić information content (AvgIpc) is 3.24. The molecule has 0 aliphatic heterocycles. The van der Waals surface area contributed by atoms with E-state index in [4.69, 9.17) is 0 Å². The zero-order valence-electron chi connectivity index (χ0n) is 18.4. The standard InChI is InChI=1S/C24H29N5OS/c1-17-9-10-21(15-18(17)2)29-23(19-11-13-25-14-12-19)26-27-24(29)31-16-22(30)28(3)20-7-5-4-6-8-20/h9-15,20H,4-8,16H2,1-3H3. The van der Waals surface area contributed by atoms with Gasteiger partial charge in [-0.15, -0.1) is 10.2 Å². The molecule has 0 bridgehead atoms. The molecule has 2 aromatic heterocycles. The second-order valence-corrected chi connectivity index (χ2v) is 9.17. The lowest BCUT2D eigenvalue weighted by molar-refractivity contribution is -0.129. The van der Waals surface area contributed by atoms with Gasteiger partial charge >= 0.3 is 0 Å². The van der Waals surface area contributed by atoms with Crippen LogP contribution in [0.5, 0.6) is 0 Å². The second-order valence-electron chi connectivity index (χ2n) is 8.23. The van der Waals surface area contributed by atoms with Crippen molar-refractivity contribution in [2.24, 2.45) is 0 Å². The molecule has 6 nitrogen and oxygen atoms in total. The molecule has 1 saturated carbocycles. The van der Waals surface area contributed by atoms with Crippen molar-refractivity contribution in [3.63, 3.8) is 0 Å². The number of aromatic nitrogens is 4. The van der Waals surface area contributed by atoms with Crippen molar-refractivity contribution in [2.45, 2.75) is 57.1 Å². The van der Waals surface area contributed by atoms with Crippen molar-refractivity contribution in [1.82, 2.24) is 24.6 Å². The highest BCUT2D eigenvalue weighted by atomic mass is 32.2. The molecule has 3 aromatic rings. The summed E-state index contributed by atoms with van der Waals surface area (Å²) in [7, 11) is 1.94. The molecule has 1 aliphatic rings. The van der Waals surface area contributed by atoms with Crippen molar-refractivity contribution in [2.75, 3.05) is 12.8 Å². The van der Waals surface area contributed by atoms with Crippen LogP contribution in [0.1, 0.15) is 43.2 Å². The zero-order valence-corrected chi connectivity index (χ0v) is 19.2. The summed E-state index contributed by atoms with van der Waals surface area (Å²) in [6.45, 7) is 4.20. The van der Waals surface area contributed by atoms with E-state index in [1.807, 2.05) is 28.6 Å². The van der Waals surface area contributed by atoms with Gasteiger partial charge in [0.1, 0.15) is 0 Å². The lowest BCUT2D eigenvalue weighted by Crippen LogP contribution is -2.39. The topological polar surface area (TPSA) is 63.9 Å². The Bertz CT molecular complexity index is 1040. The van der Waals surface area contributed by atoms with Crippen LogP contribution < -0.4 is 0 Å². The number of nitrogens with zero attached hydrogens (tertiary/aromatic N) is 5. The van der Waals surface area contributed by atoms with Crippen molar-refractivity contribution < 1.29 is 4.79 Å². The minimum atomic E-state index is 0.150. The fraction of sp³-hybridized carbons (Fsp3) is 0.417. The summed E-state index contributed by atoms with van der Waals surface area (Å²) in [5, 5.41) is 9.64. The van der Waals surface area contributed by atoms with E-state index in [0.29, 0.717) is 11.8 Å². The first-order valence-corrected chi connectivity index (χ1v) is 11.8. The zero-order chi connectivity index (χ0) is 21.8. The first-order valence-electron chi connectivity index (χ1n) is 10.9. The molecule has 0 atom stereocenters. The van der Waals surface area contributed by atoms with E-state index in [1.54, 1.807) is 12.4 Å². The van der Waals surface area contributed by atoms with Gasteiger partial charge in [-0.1, -0.05) is 37.1 Å². The maximum absolute atomic E-state index is 12.9. The summed E-state index contributed by atoms with van der Waals surface area (Å²) in [5.74, 6) is 1.25. The molecule has 0 spiro atoms. The number of thioether (sulfide) groups is 1. The monoisotopic (exact) mass is 435 g/mol. The Labute approximate surface area is 188 Å². The molecule has 0 unspecified atom stereocenters. The normalized spacial score (nSPS) is 14.5. The van der Waals surface area contributed by atoms with Crippen LogP contribution in [0.4, 0.5) is 0 Å².